The molecule has 0 spiro atoms. The number of carbonyl (C=O) groups is 1. The molecule has 0 bridgehead atoms. The molecule has 4 aromatic rings. The van der Waals surface area contributed by atoms with Gasteiger partial charge in [0.2, 0.25) is 0 Å². The van der Waals surface area contributed by atoms with E-state index in [9.17, 15) is 4.79 Å². The van der Waals surface area contributed by atoms with Gasteiger partial charge in [0.15, 0.2) is 11.6 Å². The maximum atomic E-state index is 12.6. The van der Waals surface area contributed by atoms with Crippen LogP contribution in [0, 0.1) is 13.8 Å². The van der Waals surface area contributed by atoms with Gasteiger partial charge in [-0.1, -0.05) is 6.07 Å². The van der Waals surface area contributed by atoms with Gasteiger partial charge in [-0.2, -0.15) is 5.10 Å². The van der Waals surface area contributed by atoms with E-state index in [1.807, 2.05) is 54.8 Å². The summed E-state index contributed by atoms with van der Waals surface area (Å²) in [5.74, 6) is 0.580. The Kier molecular flexibility index (Phi) is 3.93. The number of allylic oxidation sites excluding steroid dienone is 1. The number of fused-ring (bicyclic) bond motifs is 1. The van der Waals surface area contributed by atoms with Crippen LogP contribution in [0.5, 0.6) is 0 Å². The van der Waals surface area contributed by atoms with Crippen molar-refractivity contribution in [3.05, 3.63) is 83.7 Å². The Morgan fingerprint density at radius 3 is 2.81 bits per heavy atom. The molecular formula is C20H17N5O. The van der Waals surface area contributed by atoms with Crippen molar-refractivity contribution < 1.29 is 4.79 Å². The van der Waals surface area contributed by atoms with E-state index in [4.69, 9.17) is 0 Å². The number of ketones is 1. The highest BCUT2D eigenvalue weighted by molar-refractivity contribution is 6.07. The highest BCUT2D eigenvalue weighted by Crippen LogP contribution is 2.15. The van der Waals surface area contributed by atoms with E-state index in [1.165, 1.54) is 0 Å². The lowest BCUT2D eigenvalue weighted by molar-refractivity contribution is 0.104. The number of rotatable bonds is 4. The summed E-state index contributed by atoms with van der Waals surface area (Å²) in [5, 5.41) is 4.29. The number of nitrogens with zero attached hydrogens (tertiary/aromatic N) is 5. The first kappa shape index (κ1) is 16.0. The van der Waals surface area contributed by atoms with E-state index in [0.29, 0.717) is 11.4 Å². The smallest absolute Gasteiger partial charge is 0.189 e. The summed E-state index contributed by atoms with van der Waals surface area (Å²) in [6.07, 6.45) is 10.3. The molecule has 0 saturated heterocycles. The fraction of sp³-hybridized carbons (Fsp3) is 0.100. The molecule has 0 unspecified atom stereocenters. The average Bonchev–Trinajstić information content (AvgIpc) is 3.23. The van der Waals surface area contributed by atoms with Gasteiger partial charge in [0.1, 0.15) is 5.65 Å². The van der Waals surface area contributed by atoms with E-state index in [2.05, 4.69) is 15.1 Å². The Balaban J connectivity index is 1.62. The molecule has 6 heteroatoms. The summed E-state index contributed by atoms with van der Waals surface area (Å²) >= 11 is 0. The van der Waals surface area contributed by atoms with Gasteiger partial charge in [0.05, 0.1) is 29.3 Å². The van der Waals surface area contributed by atoms with Gasteiger partial charge in [0.25, 0.3) is 0 Å². The lowest BCUT2D eigenvalue weighted by Gasteiger charge is -2.02. The quantitative estimate of drug-likeness (QED) is 0.421. The standard InChI is InChI=1S/C20H17N5O/c1-14-8-10-24-16(12-22-20(24)11-14)6-7-18(26)17-13-23-25(15(17)2)19-5-3-4-9-21-19/h3-13H,1-2H3/b7-6+. The second-order valence-corrected chi connectivity index (χ2v) is 6.06. The van der Waals surface area contributed by atoms with Crippen LogP contribution in [0.25, 0.3) is 17.5 Å². The Bertz CT molecular complexity index is 1120. The van der Waals surface area contributed by atoms with Crippen molar-refractivity contribution in [3.8, 4) is 5.82 Å². The fourth-order valence-electron chi connectivity index (χ4n) is 2.84. The van der Waals surface area contributed by atoms with Crippen LogP contribution < -0.4 is 0 Å². The molecule has 128 valence electrons. The molecule has 26 heavy (non-hydrogen) atoms. The fourth-order valence-corrected chi connectivity index (χ4v) is 2.84. The van der Waals surface area contributed by atoms with Gasteiger partial charge in [-0.15, -0.1) is 0 Å². The number of aryl methyl sites for hydroxylation is 1. The van der Waals surface area contributed by atoms with E-state index < -0.39 is 0 Å². The van der Waals surface area contributed by atoms with Crippen molar-refractivity contribution in [3.63, 3.8) is 0 Å². The molecular weight excluding hydrogens is 326 g/mol. The minimum absolute atomic E-state index is 0.105. The first-order valence-electron chi connectivity index (χ1n) is 8.25. The van der Waals surface area contributed by atoms with Crippen LogP contribution in [0.1, 0.15) is 27.3 Å². The summed E-state index contributed by atoms with van der Waals surface area (Å²) in [7, 11) is 0. The molecule has 0 saturated carbocycles. The zero-order valence-electron chi connectivity index (χ0n) is 14.5. The molecule has 0 N–H and O–H groups in total. The Morgan fingerprint density at radius 1 is 1.12 bits per heavy atom. The van der Waals surface area contributed by atoms with Crippen molar-refractivity contribution in [2.75, 3.05) is 0 Å². The third-order valence-electron chi connectivity index (χ3n) is 4.24. The van der Waals surface area contributed by atoms with Crippen LogP contribution >= 0.6 is 0 Å². The Labute approximate surface area is 150 Å². The van der Waals surface area contributed by atoms with Gasteiger partial charge in [-0.05, 0) is 55.8 Å². The average molecular weight is 343 g/mol. The predicted octanol–water partition coefficient (Wildman–Crippen LogP) is 3.43. The molecule has 4 heterocycles. The number of hydrogen-bond donors (Lipinski definition) is 0. The third-order valence-corrected chi connectivity index (χ3v) is 4.24. The predicted molar refractivity (Wildman–Crippen MR) is 99.4 cm³/mol. The van der Waals surface area contributed by atoms with Crippen LogP contribution in [0.4, 0.5) is 0 Å². The lowest BCUT2D eigenvalue weighted by Crippen LogP contribution is -2.03. The first-order chi connectivity index (χ1) is 12.6. The molecule has 0 aromatic carbocycles. The van der Waals surface area contributed by atoms with Gasteiger partial charge in [-0.3, -0.25) is 4.79 Å². The van der Waals surface area contributed by atoms with Crippen LogP contribution in [0.2, 0.25) is 0 Å². The zero-order valence-corrected chi connectivity index (χ0v) is 14.5. The molecule has 0 atom stereocenters. The van der Waals surface area contributed by atoms with E-state index in [1.54, 1.807) is 35.4 Å². The summed E-state index contributed by atoms with van der Waals surface area (Å²) in [6.45, 7) is 3.88. The van der Waals surface area contributed by atoms with Crippen molar-refractivity contribution in [2.24, 2.45) is 0 Å². The van der Waals surface area contributed by atoms with Crippen LogP contribution in [0.15, 0.2) is 61.2 Å². The number of pyridine rings is 2. The van der Waals surface area contributed by atoms with Gasteiger partial charge in [-0.25, -0.2) is 14.6 Å². The molecule has 0 aliphatic carbocycles. The zero-order chi connectivity index (χ0) is 18.1. The minimum Gasteiger partial charge on any atom is -0.300 e. The molecule has 0 radical (unpaired) electrons. The largest absolute Gasteiger partial charge is 0.300 e. The Hall–Kier alpha value is -3.54. The minimum atomic E-state index is -0.105. The van der Waals surface area contributed by atoms with Crippen LogP contribution in [0.3, 0.4) is 0 Å². The molecule has 0 aliphatic heterocycles. The molecule has 4 rings (SSSR count). The topological polar surface area (TPSA) is 65.1 Å². The van der Waals surface area contributed by atoms with Gasteiger partial charge in [0, 0.05) is 12.4 Å². The molecule has 0 aliphatic rings. The summed E-state index contributed by atoms with van der Waals surface area (Å²) in [5.41, 5.74) is 4.16. The lowest BCUT2D eigenvalue weighted by atomic mass is 10.1. The van der Waals surface area contributed by atoms with E-state index in [-0.39, 0.29) is 5.78 Å². The van der Waals surface area contributed by atoms with Crippen molar-refractivity contribution in [1.82, 2.24) is 24.1 Å². The van der Waals surface area contributed by atoms with E-state index >= 15 is 0 Å². The normalized spacial score (nSPS) is 11.5. The first-order valence-corrected chi connectivity index (χ1v) is 8.25. The van der Waals surface area contributed by atoms with Crippen LogP contribution in [-0.2, 0) is 0 Å². The van der Waals surface area contributed by atoms with E-state index in [0.717, 1.165) is 22.6 Å². The Morgan fingerprint density at radius 2 is 2.00 bits per heavy atom. The summed E-state index contributed by atoms with van der Waals surface area (Å²) < 4.78 is 3.61. The van der Waals surface area contributed by atoms with Crippen molar-refractivity contribution in [1.29, 1.82) is 0 Å². The van der Waals surface area contributed by atoms with Gasteiger partial charge >= 0.3 is 0 Å². The highest BCUT2D eigenvalue weighted by Gasteiger charge is 2.13. The maximum Gasteiger partial charge on any atom is 0.189 e. The van der Waals surface area contributed by atoms with Gasteiger partial charge < -0.3 is 4.40 Å². The highest BCUT2D eigenvalue weighted by atomic mass is 16.1. The van der Waals surface area contributed by atoms with Crippen molar-refractivity contribution in [2.45, 2.75) is 13.8 Å². The molecule has 0 amide bonds. The SMILES string of the molecule is Cc1ccn2c(/C=C/C(=O)c3cnn(-c4ccccn4)c3C)cnc2c1. The monoisotopic (exact) mass is 343 g/mol. The number of hydrogen-bond acceptors (Lipinski definition) is 4. The van der Waals surface area contributed by atoms with Crippen molar-refractivity contribution >= 4 is 17.5 Å². The third kappa shape index (κ3) is 2.82. The number of imidazole rings is 1. The molecule has 4 aromatic heterocycles. The summed E-state index contributed by atoms with van der Waals surface area (Å²) in [4.78, 5) is 21.2. The summed E-state index contributed by atoms with van der Waals surface area (Å²) in [6, 6.07) is 9.59. The molecule has 0 fully saturated rings. The number of aromatic nitrogens is 5. The second-order valence-electron chi connectivity index (χ2n) is 6.06. The molecule has 6 nitrogen and oxygen atoms in total. The second kappa shape index (κ2) is 6.40. The van der Waals surface area contributed by atoms with Crippen LogP contribution in [-0.4, -0.2) is 29.9 Å². The maximum absolute atomic E-state index is 12.6. The number of carbonyl (C=O) groups excluding carboxylic acids is 1.